The number of phenolic OH excluding ortho intramolecular Hbond substituents is 1. The van der Waals surface area contributed by atoms with E-state index in [1.165, 1.54) is 11.1 Å². The fourth-order valence-corrected chi connectivity index (χ4v) is 4.14. The molecule has 4 heteroatoms. The second-order valence-corrected chi connectivity index (χ2v) is 7.63. The van der Waals surface area contributed by atoms with Gasteiger partial charge < -0.3 is 10.0 Å². The van der Waals surface area contributed by atoms with Crippen LogP contribution in [0.1, 0.15) is 28.3 Å². The maximum atomic E-state index is 9.83. The molecule has 1 heterocycles. The number of aromatic hydroxyl groups is 1. The summed E-state index contributed by atoms with van der Waals surface area (Å²) in [6.45, 7) is 5.75. The lowest BCUT2D eigenvalue weighted by molar-refractivity contribution is 0.215. The van der Waals surface area contributed by atoms with Crippen molar-refractivity contribution in [2.75, 3.05) is 24.5 Å². The summed E-state index contributed by atoms with van der Waals surface area (Å²) >= 11 is 0. The quantitative estimate of drug-likeness (QED) is 0.713. The summed E-state index contributed by atoms with van der Waals surface area (Å²) in [5, 5.41) is 19.0. The Balaban J connectivity index is 1.64. The summed E-state index contributed by atoms with van der Waals surface area (Å²) < 4.78 is 0. The first kappa shape index (κ1) is 19.0. The lowest BCUT2D eigenvalue weighted by Gasteiger charge is -2.43. The van der Waals surface area contributed by atoms with Crippen molar-refractivity contribution < 1.29 is 5.11 Å². The lowest BCUT2D eigenvalue weighted by atomic mass is 9.98. The van der Waals surface area contributed by atoms with Crippen molar-refractivity contribution in [2.45, 2.75) is 19.5 Å². The molecule has 0 aromatic heterocycles. The second-order valence-electron chi connectivity index (χ2n) is 7.63. The standard InChI is InChI=1S/C25H25N3O/c1-19-15-23(29)11-12-24(19)28-14-13-27(17-21-5-3-2-4-6-21)18-25(28)22-9-7-20(16-26)8-10-22/h2-12,15,25,29H,13-14,17-18H2,1H3/t25-/m0/s1. The van der Waals surface area contributed by atoms with Crippen LogP contribution in [0.15, 0.2) is 72.8 Å². The molecular weight excluding hydrogens is 358 g/mol. The minimum Gasteiger partial charge on any atom is -0.508 e. The van der Waals surface area contributed by atoms with E-state index in [9.17, 15) is 5.11 Å². The van der Waals surface area contributed by atoms with Crippen molar-refractivity contribution in [3.8, 4) is 11.8 Å². The number of rotatable bonds is 4. The molecule has 1 atom stereocenters. The van der Waals surface area contributed by atoms with Crippen LogP contribution >= 0.6 is 0 Å². The Morgan fingerprint density at radius 3 is 2.45 bits per heavy atom. The molecule has 29 heavy (non-hydrogen) atoms. The van der Waals surface area contributed by atoms with Crippen LogP contribution in [-0.4, -0.2) is 29.6 Å². The topological polar surface area (TPSA) is 50.5 Å². The molecule has 3 aromatic carbocycles. The number of nitrogens with zero attached hydrogens (tertiary/aromatic N) is 3. The molecule has 1 saturated heterocycles. The van der Waals surface area contributed by atoms with Crippen molar-refractivity contribution in [3.05, 3.63) is 95.1 Å². The zero-order chi connectivity index (χ0) is 20.2. The molecule has 0 bridgehead atoms. The van der Waals surface area contributed by atoms with Crippen LogP contribution < -0.4 is 4.90 Å². The van der Waals surface area contributed by atoms with Crippen LogP contribution in [0.4, 0.5) is 5.69 Å². The van der Waals surface area contributed by atoms with Crippen molar-refractivity contribution in [1.82, 2.24) is 4.90 Å². The predicted octanol–water partition coefficient (Wildman–Crippen LogP) is 4.64. The van der Waals surface area contributed by atoms with E-state index < -0.39 is 0 Å². The minimum atomic E-state index is 0.184. The van der Waals surface area contributed by atoms with Gasteiger partial charge in [-0.25, -0.2) is 0 Å². The summed E-state index contributed by atoms with van der Waals surface area (Å²) in [6.07, 6.45) is 0. The van der Waals surface area contributed by atoms with Crippen molar-refractivity contribution >= 4 is 5.69 Å². The number of hydrogen-bond donors (Lipinski definition) is 1. The monoisotopic (exact) mass is 383 g/mol. The summed E-state index contributed by atoms with van der Waals surface area (Å²) in [5.41, 5.74) is 5.42. The van der Waals surface area contributed by atoms with E-state index in [-0.39, 0.29) is 6.04 Å². The number of nitriles is 1. The van der Waals surface area contributed by atoms with Gasteiger partial charge in [-0.15, -0.1) is 0 Å². The zero-order valence-corrected chi connectivity index (χ0v) is 16.6. The van der Waals surface area contributed by atoms with E-state index in [1.54, 1.807) is 6.07 Å². The second kappa shape index (κ2) is 8.38. The Kier molecular flexibility index (Phi) is 5.50. The molecule has 3 aromatic rings. The number of aryl methyl sites for hydroxylation is 1. The maximum Gasteiger partial charge on any atom is 0.115 e. The van der Waals surface area contributed by atoms with Gasteiger partial charge in [-0.2, -0.15) is 5.26 Å². The number of benzene rings is 3. The summed E-state index contributed by atoms with van der Waals surface area (Å²) in [6, 6.07) is 26.5. The van der Waals surface area contributed by atoms with Gasteiger partial charge in [0.2, 0.25) is 0 Å². The van der Waals surface area contributed by atoms with Gasteiger partial charge in [0.25, 0.3) is 0 Å². The van der Waals surface area contributed by atoms with Crippen LogP contribution in [0.25, 0.3) is 0 Å². The summed E-state index contributed by atoms with van der Waals surface area (Å²) in [4.78, 5) is 4.92. The van der Waals surface area contributed by atoms with E-state index in [0.717, 1.165) is 37.4 Å². The minimum absolute atomic E-state index is 0.184. The highest BCUT2D eigenvalue weighted by Gasteiger charge is 2.29. The van der Waals surface area contributed by atoms with E-state index in [0.29, 0.717) is 11.3 Å². The summed E-state index contributed by atoms with van der Waals surface area (Å²) in [5.74, 6) is 0.295. The van der Waals surface area contributed by atoms with E-state index in [1.807, 2.05) is 31.2 Å². The third-order valence-corrected chi connectivity index (χ3v) is 5.63. The van der Waals surface area contributed by atoms with Crippen molar-refractivity contribution in [3.63, 3.8) is 0 Å². The Labute approximate surface area is 172 Å². The Hall–Kier alpha value is -3.29. The average Bonchev–Trinajstić information content (AvgIpc) is 2.75. The molecule has 1 aliphatic rings. The predicted molar refractivity (Wildman–Crippen MR) is 116 cm³/mol. The lowest BCUT2D eigenvalue weighted by Crippen LogP contribution is -2.48. The van der Waals surface area contributed by atoms with Gasteiger partial charge in [-0.05, 0) is 53.9 Å². The first-order valence-corrected chi connectivity index (χ1v) is 9.96. The molecular formula is C25H25N3O. The smallest absolute Gasteiger partial charge is 0.115 e. The molecule has 0 amide bonds. The molecule has 4 rings (SSSR count). The Morgan fingerprint density at radius 1 is 1.00 bits per heavy atom. The normalized spacial score (nSPS) is 17.1. The Morgan fingerprint density at radius 2 is 1.76 bits per heavy atom. The van der Waals surface area contributed by atoms with Gasteiger partial charge in [-0.1, -0.05) is 42.5 Å². The fourth-order valence-electron chi connectivity index (χ4n) is 4.14. The fraction of sp³-hybridized carbons (Fsp3) is 0.240. The number of phenols is 1. The van der Waals surface area contributed by atoms with Gasteiger partial charge in [0.15, 0.2) is 0 Å². The van der Waals surface area contributed by atoms with Gasteiger partial charge in [-0.3, -0.25) is 4.90 Å². The number of hydrogen-bond acceptors (Lipinski definition) is 4. The molecule has 0 aliphatic carbocycles. The van der Waals surface area contributed by atoms with Gasteiger partial charge >= 0.3 is 0 Å². The molecule has 0 spiro atoms. The SMILES string of the molecule is Cc1cc(O)ccc1N1CCN(Cc2ccccc2)C[C@H]1c1ccc(C#N)cc1. The van der Waals surface area contributed by atoms with Crippen LogP contribution in [0.3, 0.4) is 0 Å². The molecule has 0 saturated carbocycles. The zero-order valence-electron chi connectivity index (χ0n) is 16.6. The van der Waals surface area contributed by atoms with Crippen molar-refractivity contribution in [1.29, 1.82) is 5.26 Å². The first-order valence-electron chi connectivity index (χ1n) is 9.96. The van der Waals surface area contributed by atoms with Crippen LogP contribution in [-0.2, 0) is 6.54 Å². The largest absolute Gasteiger partial charge is 0.508 e. The third kappa shape index (κ3) is 4.26. The van der Waals surface area contributed by atoms with Gasteiger partial charge in [0.05, 0.1) is 17.7 Å². The van der Waals surface area contributed by atoms with E-state index in [4.69, 9.17) is 5.26 Å². The number of piperazine rings is 1. The maximum absolute atomic E-state index is 9.83. The van der Waals surface area contributed by atoms with Gasteiger partial charge in [0, 0.05) is 31.9 Å². The average molecular weight is 383 g/mol. The molecule has 146 valence electrons. The number of anilines is 1. The highest BCUT2D eigenvalue weighted by molar-refractivity contribution is 5.58. The van der Waals surface area contributed by atoms with Crippen LogP contribution in [0.5, 0.6) is 5.75 Å². The molecule has 1 fully saturated rings. The molecule has 1 aliphatic heterocycles. The van der Waals surface area contributed by atoms with Gasteiger partial charge in [0.1, 0.15) is 5.75 Å². The van der Waals surface area contributed by atoms with E-state index >= 15 is 0 Å². The third-order valence-electron chi connectivity index (χ3n) is 5.63. The summed E-state index contributed by atoms with van der Waals surface area (Å²) in [7, 11) is 0. The van der Waals surface area contributed by atoms with Crippen LogP contribution in [0, 0.1) is 18.3 Å². The van der Waals surface area contributed by atoms with Crippen molar-refractivity contribution in [2.24, 2.45) is 0 Å². The molecule has 0 unspecified atom stereocenters. The Bertz CT molecular complexity index is 1010. The highest BCUT2D eigenvalue weighted by Crippen LogP contribution is 2.34. The molecule has 1 N–H and O–H groups in total. The first-order chi connectivity index (χ1) is 14.1. The molecule has 0 radical (unpaired) electrons. The highest BCUT2D eigenvalue weighted by atomic mass is 16.3. The van der Waals surface area contributed by atoms with E-state index in [2.05, 4.69) is 58.3 Å². The molecule has 4 nitrogen and oxygen atoms in total. The van der Waals surface area contributed by atoms with Crippen LogP contribution in [0.2, 0.25) is 0 Å².